The van der Waals surface area contributed by atoms with Crippen LogP contribution in [-0.2, 0) is 16.2 Å². The summed E-state index contributed by atoms with van der Waals surface area (Å²) in [5.41, 5.74) is 16.2. The van der Waals surface area contributed by atoms with Gasteiger partial charge in [0.05, 0.1) is 11.2 Å². The summed E-state index contributed by atoms with van der Waals surface area (Å²) in [6.07, 6.45) is 2.16. The van der Waals surface area contributed by atoms with E-state index in [2.05, 4.69) is 205 Å². The highest BCUT2D eigenvalue weighted by Gasteiger charge is 2.48. The van der Waals surface area contributed by atoms with Gasteiger partial charge in [0.25, 0.3) is 6.71 Å². The normalized spacial score (nSPS) is 13.9. The molecule has 6 heteroatoms. The molecule has 5 heterocycles. The summed E-state index contributed by atoms with van der Waals surface area (Å²) in [6, 6.07) is 42.7. The minimum atomic E-state index is -0.144. The van der Waals surface area contributed by atoms with Gasteiger partial charge in [0.1, 0.15) is 5.82 Å². The van der Waals surface area contributed by atoms with Gasteiger partial charge in [-0.3, -0.25) is 9.88 Å². The van der Waals surface area contributed by atoms with Crippen LogP contribution in [0, 0.1) is 6.92 Å². The van der Waals surface area contributed by atoms with Crippen molar-refractivity contribution < 1.29 is 0 Å². The number of nitrogens with zero attached hydrogens (tertiary/aromatic N) is 5. The zero-order valence-electron chi connectivity index (χ0n) is 33.9. The molecule has 0 amide bonds. The van der Waals surface area contributed by atoms with E-state index in [4.69, 9.17) is 9.97 Å². The molecule has 2 aliphatic heterocycles. The van der Waals surface area contributed by atoms with Crippen molar-refractivity contribution in [2.24, 2.45) is 0 Å². The van der Waals surface area contributed by atoms with Gasteiger partial charge in [0.2, 0.25) is 0 Å². The lowest BCUT2D eigenvalue weighted by Gasteiger charge is -2.43. The van der Waals surface area contributed by atoms with E-state index in [0.29, 0.717) is 0 Å². The molecule has 0 N–H and O–H groups in total. The molecular formula is C49H50BN5. The molecule has 0 unspecified atom stereocenters. The molecule has 55 heavy (non-hydrogen) atoms. The monoisotopic (exact) mass is 719 g/mol. The molecule has 3 aromatic heterocycles. The summed E-state index contributed by atoms with van der Waals surface area (Å²) in [7, 11) is 0. The highest BCUT2D eigenvalue weighted by atomic mass is 15.2. The van der Waals surface area contributed by atoms with E-state index in [1.165, 1.54) is 44.2 Å². The van der Waals surface area contributed by atoms with E-state index >= 15 is 0 Å². The first-order valence-corrected chi connectivity index (χ1v) is 19.6. The number of para-hydroxylation sites is 2. The van der Waals surface area contributed by atoms with Gasteiger partial charge >= 0.3 is 0 Å². The van der Waals surface area contributed by atoms with Crippen LogP contribution in [0.25, 0.3) is 16.6 Å². The summed E-state index contributed by atoms with van der Waals surface area (Å²) in [5.74, 6) is 0.967. The van der Waals surface area contributed by atoms with Crippen LogP contribution in [0.4, 0.5) is 34.3 Å². The van der Waals surface area contributed by atoms with Crippen LogP contribution in [0.1, 0.15) is 84.8 Å². The Bertz CT molecular complexity index is 2600. The maximum atomic E-state index is 5.50. The molecule has 274 valence electrons. The minimum absolute atomic E-state index is 0.0395. The molecule has 4 aromatic carbocycles. The Balaban J connectivity index is 1.42. The van der Waals surface area contributed by atoms with Crippen molar-refractivity contribution in [3.8, 4) is 5.69 Å². The van der Waals surface area contributed by atoms with Crippen molar-refractivity contribution in [2.45, 2.75) is 85.5 Å². The first-order valence-electron chi connectivity index (χ1n) is 19.6. The predicted octanol–water partition coefficient (Wildman–Crippen LogP) is 10.7. The zero-order chi connectivity index (χ0) is 38.6. The predicted molar refractivity (Wildman–Crippen MR) is 234 cm³/mol. The Hall–Kier alpha value is -5.62. The molecule has 2 aliphatic rings. The number of hydrogen-bond acceptors (Lipinski definition) is 4. The second-order valence-electron chi connectivity index (χ2n) is 18.5. The Morgan fingerprint density at radius 3 is 1.75 bits per heavy atom. The first kappa shape index (κ1) is 35.1. The maximum Gasteiger partial charge on any atom is 0.277 e. The van der Waals surface area contributed by atoms with Crippen molar-refractivity contribution >= 4 is 68.4 Å². The lowest BCUT2D eigenvalue weighted by atomic mass is 9.35. The Kier molecular flexibility index (Phi) is 7.78. The summed E-state index contributed by atoms with van der Waals surface area (Å²) >= 11 is 0. The molecule has 0 saturated carbocycles. The average Bonchev–Trinajstić information content (AvgIpc) is 3.48. The molecule has 0 radical (unpaired) electrons. The molecule has 0 bridgehead atoms. The molecule has 5 nitrogen and oxygen atoms in total. The Labute approximate surface area is 326 Å². The minimum Gasteiger partial charge on any atom is -0.319 e. The molecule has 0 spiro atoms. The number of hydrogen-bond donors (Lipinski definition) is 0. The lowest BCUT2D eigenvalue weighted by Crippen LogP contribution is -2.63. The van der Waals surface area contributed by atoms with E-state index in [1.807, 2.05) is 0 Å². The number of benzene rings is 4. The number of fused-ring (bicyclic) bond motifs is 6. The van der Waals surface area contributed by atoms with E-state index in [9.17, 15) is 0 Å². The smallest absolute Gasteiger partial charge is 0.277 e. The van der Waals surface area contributed by atoms with E-state index in [-0.39, 0.29) is 23.0 Å². The second kappa shape index (κ2) is 12.2. The zero-order valence-corrected chi connectivity index (χ0v) is 33.9. The standard InChI is InChI=1S/C49H50BN5/c1-31-28-41-43-46(52-31)55(36-26-22-33(23-27-36)48(5,6)7)40-29-42(49(8,9)10)51-30-38(40)50(43)45-44(53(41)35-24-20-32(21-25-35)47(2,3)4)37-18-14-15-19-39(37)54(45)34-16-12-11-13-17-34/h11-30H,1-10H3. The van der Waals surface area contributed by atoms with Gasteiger partial charge in [-0.15, -0.1) is 0 Å². The van der Waals surface area contributed by atoms with Crippen LogP contribution >= 0.6 is 0 Å². The third kappa shape index (κ3) is 5.60. The molecule has 9 rings (SSSR count). The first-order chi connectivity index (χ1) is 26.1. The van der Waals surface area contributed by atoms with Gasteiger partial charge in [-0.25, -0.2) is 4.98 Å². The van der Waals surface area contributed by atoms with Crippen molar-refractivity contribution in [1.29, 1.82) is 0 Å². The molecule has 0 saturated heterocycles. The Morgan fingerprint density at radius 1 is 0.564 bits per heavy atom. The van der Waals surface area contributed by atoms with Gasteiger partial charge in [-0.05, 0) is 94.4 Å². The fourth-order valence-corrected chi connectivity index (χ4v) is 8.59. The Morgan fingerprint density at radius 2 is 1.15 bits per heavy atom. The highest BCUT2D eigenvalue weighted by Crippen LogP contribution is 2.47. The van der Waals surface area contributed by atoms with E-state index < -0.39 is 0 Å². The van der Waals surface area contributed by atoms with Crippen molar-refractivity contribution in [1.82, 2.24) is 14.5 Å². The molecular weight excluding hydrogens is 669 g/mol. The largest absolute Gasteiger partial charge is 0.319 e. The fourth-order valence-electron chi connectivity index (χ4n) is 8.59. The lowest BCUT2D eigenvalue weighted by molar-refractivity contribution is 0.569. The third-order valence-corrected chi connectivity index (χ3v) is 11.5. The molecule has 0 aliphatic carbocycles. The van der Waals surface area contributed by atoms with Gasteiger partial charge in [-0.1, -0.05) is 123 Å². The second-order valence-corrected chi connectivity index (χ2v) is 18.5. The van der Waals surface area contributed by atoms with E-state index in [1.54, 1.807) is 0 Å². The summed E-state index contributed by atoms with van der Waals surface area (Å²) < 4.78 is 2.49. The maximum absolute atomic E-state index is 5.50. The number of pyridine rings is 2. The van der Waals surface area contributed by atoms with Crippen molar-refractivity contribution in [3.63, 3.8) is 0 Å². The number of anilines is 6. The van der Waals surface area contributed by atoms with Crippen molar-refractivity contribution in [2.75, 3.05) is 9.80 Å². The van der Waals surface area contributed by atoms with E-state index in [0.717, 1.165) is 45.6 Å². The van der Waals surface area contributed by atoms with Crippen LogP contribution in [0.3, 0.4) is 0 Å². The van der Waals surface area contributed by atoms with Crippen molar-refractivity contribution in [3.05, 3.63) is 144 Å². The molecule has 0 atom stereocenters. The van der Waals surface area contributed by atoms with Crippen LogP contribution < -0.4 is 26.3 Å². The molecule has 7 aromatic rings. The van der Waals surface area contributed by atoms with Crippen LogP contribution in [0.5, 0.6) is 0 Å². The van der Waals surface area contributed by atoms with Gasteiger partial charge < -0.3 is 9.47 Å². The fraction of sp³-hybridized carbons (Fsp3) is 0.265. The quantitative estimate of drug-likeness (QED) is 0.170. The van der Waals surface area contributed by atoms with Gasteiger partial charge in [0, 0.05) is 62.4 Å². The number of rotatable bonds is 3. The van der Waals surface area contributed by atoms with Crippen LogP contribution in [0.2, 0.25) is 0 Å². The summed E-state index contributed by atoms with van der Waals surface area (Å²) in [6.45, 7) is 22.4. The van der Waals surface area contributed by atoms with Crippen LogP contribution in [0.15, 0.2) is 121 Å². The SMILES string of the molecule is Cc1cc2c3c(n1)N(c1ccc(C(C)(C)C)cc1)c1cc(C(C)(C)C)ncc1B3c1c(c3ccccc3n1-c1ccccc1)N2c1ccc(C(C)(C)C)cc1. The number of aromatic nitrogens is 3. The van der Waals surface area contributed by atoms with Gasteiger partial charge in [-0.2, -0.15) is 0 Å². The van der Waals surface area contributed by atoms with Gasteiger partial charge in [0.15, 0.2) is 0 Å². The van der Waals surface area contributed by atoms with Crippen LogP contribution in [-0.4, -0.2) is 21.2 Å². The summed E-state index contributed by atoms with van der Waals surface area (Å²) in [4.78, 5) is 15.7. The number of aryl methyl sites for hydroxylation is 1. The average molecular weight is 720 g/mol. The summed E-state index contributed by atoms with van der Waals surface area (Å²) in [5, 5.41) is 1.21. The topological polar surface area (TPSA) is 37.2 Å². The molecule has 0 fully saturated rings. The highest BCUT2D eigenvalue weighted by molar-refractivity contribution is 7.00. The third-order valence-electron chi connectivity index (χ3n) is 11.5.